The molecular weight excluding hydrogens is 420 g/mol. The summed E-state index contributed by atoms with van der Waals surface area (Å²) >= 11 is 0. The van der Waals surface area contributed by atoms with Gasteiger partial charge in [0.2, 0.25) is 0 Å². The van der Waals surface area contributed by atoms with E-state index in [9.17, 15) is 25.2 Å². The number of allylic oxidation sites excluding steroid dienone is 3. The van der Waals surface area contributed by atoms with Crippen LogP contribution in [0.5, 0.6) is 17.2 Å². The molecule has 0 bridgehead atoms. The zero-order valence-electron chi connectivity index (χ0n) is 19.7. The van der Waals surface area contributed by atoms with Crippen LogP contribution in [0.2, 0.25) is 0 Å². The van der Waals surface area contributed by atoms with Crippen LogP contribution in [0.1, 0.15) is 62.0 Å². The average Bonchev–Trinajstić information content (AvgIpc) is 2.76. The molecule has 33 heavy (non-hydrogen) atoms. The van der Waals surface area contributed by atoms with Gasteiger partial charge < -0.3 is 25.2 Å². The van der Waals surface area contributed by atoms with E-state index in [2.05, 4.69) is 0 Å². The minimum atomic E-state index is -0.631. The zero-order valence-corrected chi connectivity index (χ0v) is 19.7. The Morgan fingerprint density at radius 1 is 1.09 bits per heavy atom. The van der Waals surface area contributed by atoms with Crippen molar-refractivity contribution >= 4 is 11.9 Å². The number of hydrogen-bond acceptors (Lipinski definition) is 6. The molecule has 0 saturated heterocycles. The molecule has 0 aromatic heterocycles. The molecule has 0 heterocycles. The van der Waals surface area contributed by atoms with E-state index in [1.807, 2.05) is 33.8 Å². The van der Waals surface area contributed by atoms with Gasteiger partial charge >= 0.3 is 0 Å². The molecule has 0 fully saturated rings. The molecule has 2 aromatic rings. The number of aliphatic hydroxyl groups excluding tert-OH is 1. The first kappa shape index (κ1) is 26.2. The average molecular weight is 455 g/mol. The highest BCUT2D eigenvalue weighted by atomic mass is 16.5. The Morgan fingerprint density at radius 3 is 2.39 bits per heavy atom. The molecule has 0 saturated carbocycles. The highest BCUT2D eigenvalue weighted by Gasteiger charge is 2.27. The van der Waals surface area contributed by atoms with Crippen molar-refractivity contribution in [3.8, 4) is 17.2 Å². The maximum absolute atomic E-state index is 12.6. The molecule has 6 heteroatoms. The van der Waals surface area contributed by atoms with E-state index in [0.29, 0.717) is 19.4 Å². The van der Waals surface area contributed by atoms with Gasteiger partial charge in [0.1, 0.15) is 17.2 Å². The van der Waals surface area contributed by atoms with Gasteiger partial charge in [0.15, 0.2) is 5.78 Å². The van der Waals surface area contributed by atoms with Gasteiger partial charge in [-0.1, -0.05) is 29.9 Å². The third kappa shape index (κ3) is 7.48. The maximum Gasteiger partial charge on any atom is 0.189 e. The van der Waals surface area contributed by atoms with Crippen molar-refractivity contribution in [2.75, 3.05) is 6.61 Å². The lowest BCUT2D eigenvalue weighted by Gasteiger charge is -2.30. The second-order valence-corrected chi connectivity index (χ2v) is 8.59. The summed E-state index contributed by atoms with van der Waals surface area (Å²) in [6, 6.07) is 9.16. The molecule has 0 aliphatic carbocycles. The Balaban J connectivity index is 2.09. The summed E-state index contributed by atoms with van der Waals surface area (Å²) in [4.78, 5) is 12.6. The molecule has 0 spiro atoms. The van der Waals surface area contributed by atoms with E-state index in [1.54, 1.807) is 18.2 Å². The molecular formula is C27H34O6. The summed E-state index contributed by atoms with van der Waals surface area (Å²) in [5.74, 6) is -0.607. The minimum absolute atomic E-state index is 0.0897. The molecule has 2 rings (SSSR count). The number of ketones is 1. The number of phenols is 3. The fourth-order valence-corrected chi connectivity index (χ4v) is 3.43. The molecule has 178 valence electrons. The number of ether oxygens (including phenoxy) is 1. The first-order valence-corrected chi connectivity index (χ1v) is 11.1. The van der Waals surface area contributed by atoms with Crippen molar-refractivity contribution in [1.29, 1.82) is 0 Å². The highest BCUT2D eigenvalue weighted by Crippen LogP contribution is 2.32. The van der Waals surface area contributed by atoms with Gasteiger partial charge in [-0.25, -0.2) is 0 Å². The Labute approximate surface area is 195 Å². The minimum Gasteiger partial charge on any atom is -0.508 e. The van der Waals surface area contributed by atoms with Crippen LogP contribution in [-0.2, 0) is 11.2 Å². The monoisotopic (exact) mass is 454 g/mol. The van der Waals surface area contributed by atoms with Gasteiger partial charge in [-0.2, -0.15) is 0 Å². The number of phenolic OH excluding ortho intramolecular Hbond substituents is 3. The van der Waals surface area contributed by atoms with E-state index in [4.69, 9.17) is 4.74 Å². The molecule has 0 aliphatic heterocycles. The molecule has 0 aliphatic rings. The van der Waals surface area contributed by atoms with Crippen molar-refractivity contribution in [3.05, 3.63) is 70.8 Å². The van der Waals surface area contributed by atoms with Gasteiger partial charge in [-0.15, -0.1) is 0 Å². The molecule has 1 atom stereocenters. The normalized spacial score (nSPS) is 13.4. The fourth-order valence-electron chi connectivity index (χ4n) is 3.43. The van der Waals surface area contributed by atoms with E-state index < -0.39 is 17.5 Å². The summed E-state index contributed by atoms with van der Waals surface area (Å²) in [6.07, 6.45) is 5.58. The Kier molecular flexibility index (Phi) is 9.26. The second kappa shape index (κ2) is 11.7. The molecule has 0 radical (unpaired) electrons. The fraction of sp³-hybridized carbons (Fsp3) is 0.370. The van der Waals surface area contributed by atoms with E-state index >= 15 is 0 Å². The summed E-state index contributed by atoms with van der Waals surface area (Å²) in [5.41, 5.74) is 1.46. The number of rotatable bonds is 11. The zero-order chi connectivity index (χ0) is 24.6. The second-order valence-electron chi connectivity index (χ2n) is 8.59. The van der Waals surface area contributed by atoms with Crippen LogP contribution in [0.4, 0.5) is 0 Å². The van der Waals surface area contributed by atoms with Crippen molar-refractivity contribution < 1.29 is 30.0 Å². The lowest BCUT2D eigenvalue weighted by molar-refractivity contribution is -0.0983. The van der Waals surface area contributed by atoms with E-state index in [-0.39, 0.29) is 34.8 Å². The number of carbonyl (C=O) groups is 1. The van der Waals surface area contributed by atoms with Crippen molar-refractivity contribution in [2.45, 2.75) is 58.7 Å². The number of benzene rings is 2. The Hall–Kier alpha value is -3.09. The van der Waals surface area contributed by atoms with Crippen molar-refractivity contribution in [3.63, 3.8) is 0 Å². The molecule has 2 aromatic carbocycles. The van der Waals surface area contributed by atoms with Gasteiger partial charge in [0.05, 0.1) is 17.3 Å². The van der Waals surface area contributed by atoms with Crippen LogP contribution in [0.25, 0.3) is 6.08 Å². The van der Waals surface area contributed by atoms with Crippen LogP contribution < -0.4 is 0 Å². The third-order valence-corrected chi connectivity index (χ3v) is 5.63. The van der Waals surface area contributed by atoms with Crippen LogP contribution in [0.3, 0.4) is 0 Å². The summed E-state index contributed by atoms with van der Waals surface area (Å²) < 4.78 is 5.59. The topological polar surface area (TPSA) is 107 Å². The number of aliphatic hydroxyl groups is 1. The quantitative estimate of drug-likeness (QED) is 0.213. The van der Waals surface area contributed by atoms with Crippen LogP contribution in [0, 0.1) is 0 Å². The lowest BCUT2D eigenvalue weighted by Crippen LogP contribution is -2.39. The van der Waals surface area contributed by atoms with E-state index in [0.717, 1.165) is 11.1 Å². The largest absolute Gasteiger partial charge is 0.508 e. The lowest BCUT2D eigenvalue weighted by atomic mass is 9.94. The molecule has 6 nitrogen and oxygen atoms in total. The van der Waals surface area contributed by atoms with Crippen molar-refractivity contribution in [1.82, 2.24) is 0 Å². The number of aromatic hydroxyl groups is 3. The van der Waals surface area contributed by atoms with Crippen LogP contribution in [-0.4, -0.2) is 44.5 Å². The van der Waals surface area contributed by atoms with Gasteiger partial charge in [-0.05, 0) is 82.9 Å². The first-order chi connectivity index (χ1) is 15.5. The molecule has 4 N–H and O–H groups in total. The first-order valence-electron chi connectivity index (χ1n) is 11.1. The van der Waals surface area contributed by atoms with Crippen LogP contribution in [0.15, 0.2) is 54.1 Å². The predicted molar refractivity (Wildman–Crippen MR) is 130 cm³/mol. The SMILES string of the molecule is CCOC(C)(C)[C@H](O)CCC(C)=CCc1c(O)ccc(C(=O)C=Cc2ccc(O)cc2)c1O. The van der Waals surface area contributed by atoms with Crippen LogP contribution >= 0.6 is 0 Å². The van der Waals surface area contributed by atoms with Gasteiger partial charge in [-0.3, -0.25) is 4.79 Å². The summed E-state index contributed by atoms with van der Waals surface area (Å²) in [7, 11) is 0. The van der Waals surface area contributed by atoms with Gasteiger partial charge in [0, 0.05) is 12.2 Å². The van der Waals surface area contributed by atoms with Gasteiger partial charge in [0.25, 0.3) is 0 Å². The maximum atomic E-state index is 12.6. The van der Waals surface area contributed by atoms with E-state index in [1.165, 1.54) is 30.3 Å². The predicted octanol–water partition coefficient (Wildman–Crippen LogP) is 5.14. The smallest absolute Gasteiger partial charge is 0.189 e. The Morgan fingerprint density at radius 2 is 1.76 bits per heavy atom. The number of hydrogen-bond donors (Lipinski definition) is 4. The highest BCUT2D eigenvalue weighted by molar-refractivity contribution is 6.09. The third-order valence-electron chi connectivity index (χ3n) is 5.63. The molecule has 0 amide bonds. The standard InChI is InChI=1S/C27H34O6/c1-5-33-27(3,4)25(31)17-7-18(2)6-13-21-24(30)16-14-22(26(21)32)23(29)15-10-19-8-11-20(28)12-9-19/h6,8-12,14-16,25,28,30-32H,5,7,13,17H2,1-4H3/t25-/m1/s1. The molecule has 0 unspecified atom stereocenters. The summed E-state index contributed by atoms with van der Waals surface area (Å²) in [5, 5.41) is 40.6. The number of carbonyl (C=O) groups excluding carboxylic acids is 1. The van der Waals surface area contributed by atoms with Crippen molar-refractivity contribution in [2.24, 2.45) is 0 Å². The Bertz CT molecular complexity index is 1000. The summed E-state index contributed by atoms with van der Waals surface area (Å²) in [6.45, 7) is 8.05.